The molecular weight excluding hydrogens is 364 g/mol. The summed E-state index contributed by atoms with van der Waals surface area (Å²) in [6.07, 6.45) is 4.11. The van der Waals surface area contributed by atoms with Crippen molar-refractivity contribution in [2.75, 3.05) is 23.4 Å². The fourth-order valence-corrected chi connectivity index (χ4v) is 4.67. The number of thiocarbonyl (C=S) groups is 1. The summed E-state index contributed by atoms with van der Waals surface area (Å²) in [5, 5.41) is 9.67. The molecule has 0 aromatic heterocycles. The van der Waals surface area contributed by atoms with Crippen LogP contribution in [-0.2, 0) is 11.2 Å². The minimum Gasteiger partial charge on any atom is -0.508 e. The Bertz CT molecular complexity index is 939. The van der Waals surface area contributed by atoms with Crippen molar-refractivity contribution in [1.29, 1.82) is 0 Å². The van der Waals surface area contributed by atoms with Crippen LogP contribution >= 0.6 is 24.0 Å². The molecule has 0 atom stereocenters. The second-order valence-corrected chi connectivity index (χ2v) is 8.13. The zero-order chi connectivity index (χ0) is 18.3. The minimum atomic E-state index is -0.152. The summed E-state index contributed by atoms with van der Waals surface area (Å²) in [7, 11) is 2.11. The number of phenols is 1. The monoisotopic (exact) mass is 382 g/mol. The fourth-order valence-electron chi connectivity index (χ4n) is 3.37. The summed E-state index contributed by atoms with van der Waals surface area (Å²) in [6, 6.07) is 12.9. The number of phenolic OH excluding ortho intramolecular Hbond substituents is 1. The number of amides is 1. The topological polar surface area (TPSA) is 43.8 Å². The van der Waals surface area contributed by atoms with Crippen LogP contribution in [0.3, 0.4) is 0 Å². The third-order valence-corrected chi connectivity index (χ3v) is 5.94. The molecule has 0 bridgehead atoms. The zero-order valence-corrected chi connectivity index (χ0v) is 15.9. The molecule has 2 aromatic carbocycles. The van der Waals surface area contributed by atoms with Crippen LogP contribution in [0.4, 0.5) is 11.4 Å². The van der Waals surface area contributed by atoms with Crippen molar-refractivity contribution in [3.63, 3.8) is 0 Å². The molecule has 1 amide bonds. The summed E-state index contributed by atoms with van der Waals surface area (Å²) in [6.45, 7) is 1.08. The van der Waals surface area contributed by atoms with Gasteiger partial charge in [0.05, 0.1) is 10.6 Å². The van der Waals surface area contributed by atoms with Crippen molar-refractivity contribution >= 4 is 51.7 Å². The normalized spacial score (nSPS) is 18.6. The SMILES string of the molecule is CN1CCCc2cc(C=C3SC(=S)N(c4cccc(O)c4)C3=O)ccc21. The minimum absolute atomic E-state index is 0.110. The molecule has 132 valence electrons. The highest BCUT2D eigenvalue weighted by Crippen LogP contribution is 2.37. The molecule has 0 radical (unpaired) electrons. The van der Waals surface area contributed by atoms with Gasteiger partial charge < -0.3 is 10.0 Å². The molecule has 1 saturated heterocycles. The van der Waals surface area contributed by atoms with Crippen LogP contribution in [0.5, 0.6) is 5.75 Å². The van der Waals surface area contributed by atoms with Crippen molar-refractivity contribution in [2.45, 2.75) is 12.8 Å². The average molecular weight is 383 g/mol. The molecule has 2 aliphatic rings. The number of carbonyl (C=O) groups is 1. The fraction of sp³-hybridized carbons (Fsp3) is 0.200. The predicted molar refractivity (Wildman–Crippen MR) is 112 cm³/mol. The van der Waals surface area contributed by atoms with Crippen LogP contribution < -0.4 is 9.80 Å². The molecule has 1 N–H and O–H groups in total. The maximum Gasteiger partial charge on any atom is 0.270 e. The Morgan fingerprint density at radius 3 is 2.88 bits per heavy atom. The quantitative estimate of drug-likeness (QED) is 0.623. The zero-order valence-electron chi connectivity index (χ0n) is 14.3. The van der Waals surface area contributed by atoms with E-state index in [1.165, 1.54) is 27.9 Å². The lowest BCUT2D eigenvalue weighted by Crippen LogP contribution is -2.27. The molecule has 6 heteroatoms. The molecule has 0 saturated carbocycles. The average Bonchev–Trinajstić information content (AvgIpc) is 2.88. The summed E-state index contributed by atoms with van der Waals surface area (Å²) in [5.74, 6) is -0.0419. The number of fused-ring (bicyclic) bond motifs is 1. The van der Waals surface area contributed by atoms with E-state index in [4.69, 9.17) is 12.2 Å². The number of aromatic hydroxyl groups is 1. The largest absolute Gasteiger partial charge is 0.508 e. The van der Waals surface area contributed by atoms with Crippen molar-refractivity contribution in [3.05, 3.63) is 58.5 Å². The molecule has 4 rings (SSSR count). The third-order valence-electron chi connectivity index (χ3n) is 4.63. The standard InChI is InChI=1S/C20H18N2O2S2/c1-21-9-3-4-14-10-13(7-8-17(14)21)11-18-19(24)22(20(25)26-18)15-5-2-6-16(23)12-15/h2,5-8,10-12,23H,3-4,9H2,1H3. The summed E-state index contributed by atoms with van der Waals surface area (Å²) >= 11 is 6.68. The van der Waals surface area contributed by atoms with Crippen molar-refractivity contribution in [2.24, 2.45) is 0 Å². The number of benzene rings is 2. The number of aryl methyl sites for hydroxylation is 1. The Balaban J connectivity index is 1.64. The number of anilines is 2. The Hall–Kier alpha value is -2.31. The van der Waals surface area contributed by atoms with E-state index in [1.807, 2.05) is 12.1 Å². The third kappa shape index (κ3) is 3.10. The van der Waals surface area contributed by atoms with Crippen molar-refractivity contribution < 1.29 is 9.90 Å². The summed E-state index contributed by atoms with van der Waals surface area (Å²) < 4.78 is 0.476. The van der Waals surface area contributed by atoms with Gasteiger partial charge in [-0.05, 0) is 54.3 Å². The first-order valence-corrected chi connectivity index (χ1v) is 9.66. The van der Waals surface area contributed by atoms with E-state index >= 15 is 0 Å². The van der Waals surface area contributed by atoms with Crippen molar-refractivity contribution in [3.8, 4) is 5.75 Å². The van der Waals surface area contributed by atoms with Crippen LogP contribution in [-0.4, -0.2) is 28.9 Å². The molecule has 4 nitrogen and oxygen atoms in total. The van der Waals surface area contributed by atoms with Crippen LogP contribution in [0.2, 0.25) is 0 Å². The first kappa shape index (κ1) is 17.1. The van der Waals surface area contributed by atoms with Gasteiger partial charge in [0.15, 0.2) is 4.32 Å². The molecule has 2 aromatic rings. The smallest absolute Gasteiger partial charge is 0.270 e. The molecule has 0 aliphatic carbocycles. The van der Waals surface area contributed by atoms with Gasteiger partial charge in [-0.15, -0.1) is 0 Å². The summed E-state index contributed by atoms with van der Waals surface area (Å²) in [5.41, 5.74) is 4.18. The van der Waals surface area contributed by atoms with E-state index < -0.39 is 0 Å². The van der Waals surface area contributed by atoms with Gasteiger partial charge in [0.1, 0.15) is 5.75 Å². The first-order valence-electron chi connectivity index (χ1n) is 8.44. The Morgan fingerprint density at radius 2 is 2.08 bits per heavy atom. The first-order chi connectivity index (χ1) is 12.5. The van der Waals surface area contributed by atoms with E-state index in [9.17, 15) is 9.90 Å². The molecule has 2 heterocycles. The highest BCUT2D eigenvalue weighted by atomic mass is 32.2. The lowest BCUT2D eigenvalue weighted by atomic mass is 9.99. The molecule has 26 heavy (non-hydrogen) atoms. The molecule has 1 fully saturated rings. The lowest BCUT2D eigenvalue weighted by molar-refractivity contribution is -0.113. The Morgan fingerprint density at radius 1 is 1.23 bits per heavy atom. The number of nitrogens with zero attached hydrogens (tertiary/aromatic N) is 2. The van der Waals surface area contributed by atoms with E-state index in [2.05, 4.69) is 24.1 Å². The maximum atomic E-state index is 12.8. The van der Waals surface area contributed by atoms with Gasteiger partial charge in [-0.1, -0.05) is 36.1 Å². The van der Waals surface area contributed by atoms with Gasteiger partial charge >= 0.3 is 0 Å². The molecule has 0 spiro atoms. The Labute approximate surface area is 162 Å². The lowest BCUT2D eigenvalue weighted by Gasteiger charge is -2.27. The van der Waals surface area contributed by atoms with Gasteiger partial charge in [-0.25, -0.2) is 0 Å². The van der Waals surface area contributed by atoms with E-state index in [-0.39, 0.29) is 11.7 Å². The van der Waals surface area contributed by atoms with E-state index in [0.717, 1.165) is 24.9 Å². The maximum absolute atomic E-state index is 12.8. The number of hydrogen-bond acceptors (Lipinski definition) is 5. The highest BCUT2D eigenvalue weighted by Gasteiger charge is 2.33. The van der Waals surface area contributed by atoms with E-state index in [0.29, 0.717) is 14.9 Å². The Kier molecular flexibility index (Phi) is 4.46. The van der Waals surface area contributed by atoms with E-state index in [1.54, 1.807) is 24.3 Å². The van der Waals surface area contributed by atoms with Gasteiger partial charge in [0.25, 0.3) is 5.91 Å². The van der Waals surface area contributed by atoms with Gasteiger partial charge in [-0.3, -0.25) is 9.69 Å². The predicted octanol–water partition coefficient (Wildman–Crippen LogP) is 4.18. The molecule has 0 unspecified atom stereocenters. The van der Waals surface area contributed by atoms with Gasteiger partial charge in [0.2, 0.25) is 0 Å². The molecule has 2 aliphatic heterocycles. The summed E-state index contributed by atoms with van der Waals surface area (Å²) in [4.78, 5) is 17.2. The van der Waals surface area contributed by atoms with Crippen LogP contribution in [0.25, 0.3) is 6.08 Å². The number of thioether (sulfide) groups is 1. The van der Waals surface area contributed by atoms with Gasteiger partial charge in [-0.2, -0.15) is 0 Å². The van der Waals surface area contributed by atoms with Crippen LogP contribution in [0, 0.1) is 0 Å². The van der Waals surface area contributed by atoms with Gasteiger partial charge in [0, 0.05) is 25.3 Å². The van der Waals surface area contributed by atoms with Crippen LogP contribution in [0.15, 0.2) is 47.4 Å². The van der Waals surface area contributed by atoms with Crippen LogP contribution in [0.1, 0.15) is 17.5 Å². The number of carbonyl (C=O) groups excluding carboxylic acids is 1. The number of rotatable bonds is 2. The second kappa shape index (κ2) is 6.78. The highest BCUT2D eigenvalue weighted by molar-refractivity contribution is 8.27. The number of hydrogen-bond donors (Lipinski definition) is 1. The second-order valence-electron chi connectivity index (χ2n) is 6.45. The van der Waals surface area contributed by atoms with Crippen molar-refractivity contribution in [1.82, 2.24) is 0 Å². The molecular formula is C20H18N2O2S2.